The lowest BCUT2D eigenvalue weighted by atomic mass is 10.0. The quantitative estimate of drug-likeness (QED) is 0.828. The second-order valence-corrected chi connectivity index (χ2v) is 5.00. The van der Waals surface area contributed by atoms with E-state index in [-0.39, 0.29) is 0 Å². The number of pyridine rings is 1. The summed E-state index contributed by atoms with van der Waals surface area (Å²) in [6.45, 7) is 10.6. The molecule has 1 N–H and O–H groups in total. The van der Waals surface area contributed by atoms with Gasteiger partial charge in [0.05, 0.1) is 5.52 Å². The van der Waals surface area contributed by atoms with Crippen molar-refractivity contribution >= 4 is 10.9 Å². The molecule has 0 aliphatic rings. The van der Waals surface area contributed by atoms with Gasteiger partial charge in [0.1, 0.15) is 0 Å². The van der Waals surface area contributed by atoms with Crippen LogP contribution in [0.2, 0.25) is 0 Å². The minimum absolute atomic E-state index is 0.927. The van der Waals surface area contributed by atoms with Crippen LogP contribution >= 0.6 is 0 Å². The number of hydrogen-bond donors (Lipinski definition) is 1. The largest absolute Gasteiger partial charge is 0.313 e. The molecule has 2 nitrogen and oxygen atoms in total. The molecule has 0 aliphatic heterocycles. The van der Waals surface area contributed by atoms with E-state index in [0.29, 0.717) is 0 Å². The van der Waals surface area contributed by atoms with Gasteiger partial charge in [0, 0.05) is 17.6 Å². The van der Waals surface area contributed by atoms with Crippen LogP contribution in [0, 0.1) is 20.8 Å². The first kappa shape index (κ1) is 13.0. The Labute approximate surface area is 109 Å². The van der Waals surface area contributed by atoms with Crippen LogP contribution in [-0.4, -0.2) is 11.5 Å². The van der Waals surface area contributed by atoms with E-state index in [4.69, 9.17) is 4.98 Å². The van der Waals surface area contributed by atoms with Crippen LogP contribution in [-0.2, 0) is 6.54 Å². The summed E-state index contributed by atoms with van der Waals surface area (Å²) in [4.78, 5) is 4.70. The van der Waals surface area contributed by atoms with E-state index in [9.17, 15) is 0 Å². The summed E-state index contributed by atoms with van der Waals surface area (Å²) in [7, 11) is 0. The third kappa shape index (κ3) is 2.54. The lowest BCUT2D eigenvalue weighted by molar-refractivity contribution is 0.677. The number of aromatic nitrogens is 1. The minimum atomic E-state index is 0.927. The van der Waals surface area contributed by atoms with E-state index in [1.807, 2.05) is 0 Å². The summed E-state index contributed by atoms with van der Waals surface area (Å²) in [5.41, 5.74) is 6.22. The molecule has 0 saturated carbocycles. The molecule has 2 rings (SSSR count). The SMILES string of the molecule is CCCNCc1cc(C)nc2c(C)c(C)ccc12. The zero-order chi connectivity index (χ0) is 13.1. The maximum atomic E-state index is 4.70. The van der Waals surface area contributed by atoms with Gasteiger partial charge in [-0.1, -0.05) is 19.1 Å². The van der Waals surface area contributed by atoms with Crippen LogP contribution in [0.25, 0.3) is 10.9 Å². The zero-order valence-electron chi connectivity index (χ0n) is 11.8. The predicted molar refractivity (Wildman–Crippen MR) is 78.0 cm³/mol. The fourth-order valence-electron chi connectivity index (χ4n) is 2.29. The highest BCUT2D eigenvalue weighted by atomic mass is 14.8. The number of aryl methyl sites for hydroxylation is 3. The number of nitrogens with zero attached hydrogens (tertiary/aromatic N) is 1. The maximum Gasteiger partial charge on any atom is 0.0740 e. The molecular weight excluding hydrogens is 220 g/mol. The van der Waals surface area contributed by atoms with E-state index in [0.717, 1.165) is 24.3 Å². The van der Waals surface area contributed by atoms with Gasteiger partial charge in [0.25, 0.3) is 0 Å². The van der Waals surface area contributed by atoms with Gasteiger partial charge in [-0.25, -0.2) is 0 Å². The van der Waals surface area contributed by atoms with Crippen LogP contribution in [0.1, 0.15) is 35.7 Å². The van der Waals surface area contributed by atoms with E-state index in [2.05, 4.69) is 51.2 Å². The molecular formula is C16H22N2. The van der Waals surface area contributed by atoms with E-state index < -0.39 is 0 Å². The number of fused-ring (bicyclic) bond motifs is 1. The Hall–Kier alpha value is -1.41. The van der Waals surface area contributed by atoms with Crippen LogP contribution in [0.5, 0.6) is 0 Å². The topological polar surface area (TPSA) is 24.9 Å². The van der Waals surface area contributed by atoms with Crippen LogP contribution < -0.4 is 5.32 Å². The Kier molecular flexibility index (Phi) is 3.97. The number of nitrogens with one attached hydrogen (secondary N) is 1. The second-order valence-electron chi connectivity index (χ2n) is 5.00. The van der Waals surface area contributed by atoms with Gasteiger partial charge in [0.15, 0.2) is 0 Å². The van der Waals surface area contributed by atoms with Gasteiger partial charge in [0.2, 0.25) is 0 Å². The van der Waals surface area contributed by atoms with E-state index in [1.165, 1.54) is 28.5 Å². The molecule has 0 fully saturated rings. The first-order chi connectivity index (χ1) is 8.63. The molecule has 2 heteroatoms. The van der Waals surface area contributed by atoms with Crippen molar-refractivity contribution < 1.29 is 0 Å². The molecule has 1 heterocycles. The maximum absolute atomic E-state index is 4.70. The van der Waals surface area contributed by atoms with Crippen LogP contribution in [0.4, 0.5) is 0 Å². The molecule has 0 amide bonds. The normalized spacial score (nSPS) is 11.1. The fourth-order valence-corrected chi connectivity index (χ4v) is 2.29. The van der Waals surface area contributed by atoms with E-state index in [1.54, 1.807) is 0 Å². The highest BCUT2D eigenvalue weighted by molar-refractivity contribution is 5.86. The molecule has 96 valence electrons. The Morgan fingerprint density at radius 1 is 1.17 bits per heavy atom. The molecule has 0 radical (unpaired) electrons. The smallest absolute Gasteiger partial charge is 0.0740 e. The number of hydrogen-bond acceptors (Lipinski definition) is 2. The second kappa shape index (κ2) is 5.49. The summed E-state index contributed by atoms with van der Waals surface area (Å²) in [5.74, 6) is 0. The van der Waals surface area contributed by atoms with Crippen molar-refractivity contribution in [2.45, 2.75) is 40.7 Å². The molecule has 0 saturated heterocycles. The van der Waals surface area contributed by atoms with Crippen molar-refractivity contribution in [3.63, 3.8) is 0 Å². The van der Waals surface area contributed by atoms with Gasteiger partial charge in [-0.05, 0) is 56.5 Å². The van der Waals surface area contributed by atoms with Crippen LogP contribution in [0.3, 0.4) is 0 Å². The Balaban J connectivity index is 2.49. The number of rotatable bonds is 4. The summed E-state index contributed by atoms with van der Waals surface area (Å²) in [5, 5.41) is 4.76. The summed E-state index contributed by atoms with van der Waals surface area (Å²) < 4.78 is 0. The molecule has 0 unspecified atom stereocenters. The predicted octanol–water partition coefficient (Wildman–Crippen LogP) is 3.66. The molecule has 18 heavy (non-hydrogen) atoms. The Morgan fingerprint density at radius 3 is 2.67 bits per heavy atom. The minimum Gasteiger partial charge on any atom is -0.313 e. The van der Waals surface area contributed by atoms with Gasteiger partial charge >= 0.3 is 0 Å². The first-order valence-electron chi connectivity index (χ1n) is 6.70. The fraction of sp³-hybridized carbons (Fsp3) is 0.438. The summed E-state index contributed by atoms with van der Waals surface area (Å²) in [6.07, 6.45) is 1.17. The van der Waals surface area contributed by atoms with Crippen molar-refractivity contribution in [3.05, 3.63) is 40.6 Å². The Bertz CT molecular complexity index is 559. The highest BCUT2D eigenvalue weighted by Gasteiger charge is 2.07. The number of benzene rings is 1. The third-order valence-corrected chi connectivity index (χ3v) is 3.46. The standard InChI is InChI=1S/C16H22N2/c1-5-8-17-10-14-9-12(3)18-16-13(4)11(2)6-7-15(14)16/h6-7,9,17H,5,8,10H2,1-4H3. The molecule has 1 aromatic heterocycles. The van der Waals surface area contributed by atoms with Gasteiger partial charge in [-0.3, -0.25) is 4.98 Å². The zero-order valence-corrected chi connectivity index (χ0v) is 11.8. The molecule has 2 aromatic rings. The molecule has 0 atom stereocenters. The van der Waals surface area contributed by atoms with Crippen molar-refractivity contribution in [1.82, 2.24) is 10.3 Å². The van der Waals surface area contributed by atoms with Gasteiger partial charge < -0.3 is 5.32 Å². The summed E-state index contributed by atoms with van der Waals surface area (Å²) >= 11 is 0. The van der Waals surface area contributed by atoms with Crippen molar-refractivity contribution in [2.24, 2.45) is 0 Å². The van der Waals surface area contributed by atoms with Gasteiger partial charge in [-0.2, -0.15) is 0 Å². The third-order valence-electron chi connectivity index (χ3n) is 3.46. The highest BCUT2D eigenvalue weighted by Crippen LogP contribution is 2.23. The Morgan fingerprint density at radius 2 is 1.94 bits per heavy atom. The molecule has 0 spiro atoms. The van der Waals surface area contributed by atoms with Gasteiger partial charge in [-0.15, -0.1) is 0 Å². The lowest BCUT2D eigenvalue weighted by Crippen LogP contribution is -2.14. The summed E-state index contributed by atoms with van der Waals surface area (Å²) in [6, 6.07) is 6.59. The van der Waals surface area contributed by atoms with Crippen LogP contribution in [0.15, 0.2) is 18.2 Å². The van der Waals surface area contributed by atoms with Crippen molar-refractivity contribution in [1.29, 1.82) is 0 Å². The first-order valence-corrected chi connectivity index (χ1v) is 6.70. The molecule has 1 aromatic carbocycles. The van der Waals surface area contributed by atoms with Crippen molar-refractivity contribution in [2.75, 3.05) is 6.54 Å². The van der Waals surface area contributed by atoms with E-state index >= 15 is 0 Å². The molecule has 0 aliphatic carbocycles. The molecule has 0 bridgehead atoms. The average Bonchev–Trinajstić information content (AvgIpc) is 2.34. The van der Waals surface area contributed by atoms with Crippen molar-refractivity contribution in [3.8, 4) is 0 Å². The lowest BCUT2D eigenvalue weighted by Gasteiger charge is -2.12. The monoisotopic (exact) mass is 242 g/mol. The average molecular weight is 242 g/mol.